The molecule has 1 saturated heterocycles. The van der Waals surface area contributed by atoms with E-state index in [1.165, 1.54) is 6.07 Å². The molecule has 4 aromatic rings. The van der Waals surface area contributed by atoms with Gasteiger partial charge in [-0.25, -0.2) is 4.98 Å². The van der Waals surface area contributed by atoms with Crippen LogP contribution in [-0.2, 0) is 12.6 Å². The molecule has 2 aromatic carbocycles. The van der Waals surface area contributed by atoms with E-state index in [0.717, 1.165) is 33.4 Å². The Hall–Kier alpha value is -4.05. The van der Waals surface area contributed by atoms with Crippen LogP contribution in [0.2, 0.25) is 0 Å². The van der Waals surface area contributed by atoms with Crippen molar-refractivity contribution in [2.24, 2.45) is 0 Å². The maximum absolute atomic E-state index is 14.2. The molecule has 38 heavy (non-hydrogen) atoms. The van der Waals surface area contributed by atoms with Crippen LogP contribution in [0, 0.1) is 0 Å². The first-order valence-electron chi connectivity index (χ1n) is 12.5. The van der Waals surface area contributed by atoms with Crippen LogP contribution in [0.5, 0.6) is 5.88 Å². The van der Waals surface area contributed by atoms with Crippen LogP contribution in [0.25, 0.3) is 10.9 Å². The van der Waals surface area contributed by atoms with Crippen molar-refractivity contribution in [1.29, 1.82) is 0 Å². The number of alkyl halides is 3. The van der Waals surface area contributed by atoms with E-state index in [-0.39, 0.29) is 5.69 Å². The second-order valence-electron chi connectivity index (χ2n) is 9.46. The van der Waals surface area contributed by atoms with Gasteiger partial charge in [-0.2, -0.15) is 13.2 Å². The van der Waals surface area contributed by atoms with E-state index in [1.54, 1.807) is 36.5 Å². The van der Waals surface area contributed by atoms with Crippen LogP contribution >= 0.6 is 0 Å². The third-order valence-electron chi connectivity index (χ3n) is 7.07. The maximum atomic E-state index is 14.2. The van der Waals surface area contributed by atoms with Crippen molar-refractivity contribution in [3.63, 3.8) is 0 Å². The number of hydrogen-bond acceptors (Lipinski definition) is 7. The lowest BCUT2D eigenvalue weighted by Crippen LogP contribution is -2.44. The number of anilines is 4. The SMILES string of the molecule is COc1ccc(Cc2ccc3ncc4c(c3c2)N(c2ccc(N3CCNCC3)c(C(F)(F)F)c2)CN4)cn1. The minimum absolute atomic E-state index is 0.227. The number of nitrogens with one attached hydrogen (secondary N) is 2. The fourth-order valence-corrected chi connectivity index (χ4v) is 5.19. The van der Waals surface area contributed by atoms with Gasteiger partial charge in [0.1, 0.15) is 0 Å². The zero-order chi connectivity index (χ0) is 26.3. The molecule has 0 unspecified atom stereocenters. The monoisotopic (exact) mass is 520 g/mol. The maximum Gasteiger partial charge on any atom is 0.418 e. The van der Waals surface area contributed by atoms with Crippen LogP contribution in [0.15, 0.2) is 60.9 Å². The summed E-state index contributed by atoms with van der Waals surface area (Å²) in [6.07, 6.45) is -0.290. The molecule has 0 atom stereocenters. The minimum atomic E-state index is -4.47. The molecule has 0 bridgehead atoms. The van der Waals surface area contributed by atoms with Gasteiger partial charge >= 0.3 is 6.18 Å². The number of benzene rings is 2. The Bertz CT molecular complexity index is 1470. The lowest BCUT2D eigenvalue weighted by atomic mass is 10.0. The van der Waals surface area contributed by atoms with Crippen molar-refractivity contribution in [3.8, 4) is 5.88 Å². The molecule has 7 nitrogen and oxygen atoms in total. The van der Waals surface area contributed by atoms with E-state index in [0.29, 0.717) is 50.8 Å². The number of halogens is 3. The highest BCUT2D eigenvalue weighted by atomic mass is 19.4. The quantitative estimate of drug-likeness (QED) is 0.376. The zero-order valence-electron chi connectivity index (χ0n) is 20.8. The van der Waals surface area contributed by atoms with Crippen LogP contribution in [0.1, 0.15) is 16.7 Å². The summed E-state index contributed by atoms with van der Waals surface area (Å²) in [5.74, 6) is 0.553. The van der Waals surface area contributed by atoms with E-state index in [1.807, 2.05) is 29.2 Å². The first-order valence-corrected chi connectivity index (χ1v) is 12.5. The lowest BCUT2D eigenvalue weighted by molar-refractivity contribution is -0.137. The zero-order valence-corrected chi connectivity index (χ0v) is 20.8. The molecule has 4 heterocycles. The Morgan fingerprint density at radius 2 is 1.76 bits per heavy atom. The average Bonchev–Trinajstić information content (AvgIpc) is 3.38. The summed E-state index contributed by atoms with van der Waals surface area (Å²) in [5, 5.41) is 7.38. The summed E-state index contributed by atoms with van der Waals surface area (Å²) in [7, 11) is 1.58. The van der Waals surface area contributed by atoms with Crippen molar-refractivity contribution < 1.29 is 17.9 Å². The highest BCUT2D eigenvalue weighted by Gasteiger charge is 2.36. The van der Waals surface area contributed by atoms with Crippen LogP contribution in [0.3, 0.4) is 0 Å². The number of fused-ring (bicyclic) bond motifs is 3. The standard InChI is InChI=1S/C28H27F3N6O/c1-38-26-7-3-19(15-34-26)12-18-2-5-23-21(13-18)27-24(16-33-23)35-17-37(27)20-4-6-25(22(14-20)28(29,30)31)36-10-8-32-9-11-36/h2-7,13-16,32,35H,8-12,17H2,1H3. The van der Waals surface area contributed by atoms with E-state index in [4.69, 9.17) is 4.74 Å². The molecule has 0 amide bonds. The Balaban J connectivity index is 1.38. The number of methoxy groups -OCH3 is 1. The molecule has 2 N–H and O–H groups in total. The summed E-state index contributed by atoms with van der Waals surface area (Å²) >= 11 is 0. The summed E-state index contributed by atoms with van der Waals surface area (Å²) in [5.41, 5.74) is 4.58. The number of nitrogens with zero attached hydrogens (tertiary/aromatic N) is 4. The van der Waals surface area contributed by atoms with Gasteiger partial charge in [0.2, 0.25) is 5.88 Å². The van der Waals surface area contributed by atoms with Crippen molar-refractivity contribution in [2.45, 2.75) is 12.6 Å². The number of pyridine rings is 2. The predicted octanol–water partition coefficient (Wildman–Crippen LogP) is 5.18. The summed E-state index contributed by atoms with van der Waals surface area (Å²) < 4.78 is 47.8. The number of ether oxygens (including phenoxy) is 1. The van der Waals surface area contributed by atoms with Gasteiger partial charge in [0.25, 0.3) is 0 Å². The average molecular weight is 521 g/mol. The Kier molecular flexibility index (Phi) is 6.19. The third-order valence-corrected chi connectivity index (χ3v) is 7.07. The van der Waals surface area contributed by atoms with Crippen molar-refractivity contribution in [3.05, 3.63) is 77.6 Å². The lowest BCUT2D eigenvalue weighted by Gasteiger charge is -2.32. The van der Waals surface area contributed by atoms with Gasteiger partial charge in [0.05, 0.1) is 42.4 Å². The molecule has 0 spiro atoms. The molecule has 2 aliphatic heterocycles. The Morgan fingerprint density at radius 1 is 0.947 bits per heavy atom. The predicted molar refractivity (Wildman–Crippen MR) is 142 cm³/mol. The number of piperazine rings is 1. The fraction of sp³-hybridized carbons (Fsp3) is 0.286. The van der Waals surface area contributed by atoms with Crippen LogP contribution in [-0.4, -0.2) is 49.9 Å². The van der Waals surface area contributed by atoms with E-state index >= 15 is 0 Å². The highest BCUT2D eigenvalue weighted by Crippen LogP contribution is 2.45. The van der Waals surface area contributed by atoms with Gasteiger partial charge in [-0.15, -0.1) is 0 Å². The van der Waals surface area contributed by atoms with Gasteiger partial charge in [0.15, 0.2) is 0 Å². The number of hydrogen-bond donors (Lipinski definition) is 2. The Labute approximate surface area is 218 Å². The first kappa shape index (κ1) is 24.3. The molecular weight excluding hydrogens is 493 g/mol. The van der Waals surface area contributed by atoms with E-state index < -0.39 is 11.7 Å². The molecule has 0 saturated carbocycles. The Morgan fingerprint density at radius 3 is 2.50 bits per heavy atom. The second kappa shape index (κ2) is 9.68. The molecule has 6 rings (SSSR count). The highest BCUT2D eigenvalue weighted by molar-refractivity contribution is 6.02. The van der Waals surface area contributed by atoms with Crippen molar-refractivity contribution in [1.82, 2.24) is 15.3 Å². The summed E-state index contributed by atoms with van der Waals surface area (Å²) in [6.45, 7) is 2.76. The van der Waals surface area contributed by atoms with Gasteiger partial charge in [-0.1, -0.05) is 12.1 Å². The van der Waals surface area contributed by atoms with Gasteiger partial charge in [-0.3, -0.25) is 4.98 Å². The second-order valence-corrected chi connectivity index (χ2v) is 9.46. The summed E-state index contributed by atoms with van der Waals surface area (Å²) in [6, 6.07) is 14.5. The largest absolute Gasteiger partial charge is 0.481 e. The van der Waals surface area contributed by atoms with E-state index in [2.05, 4.69) is 26.7 Å². The number of rotatable bonds is 5. The summed E-state index contributed by atoms with van der Waals surface area (Å²) in [4.78, 5) is 12.6. The normalized spacial score (nSPS) is 15.5. The number of aromatic nitrogens is 2. The van der Waals surface area contributed by atoms with Crippen LogP contribution in [0.4, 0.5) is 35.9 Å². The first-order chi connectivity index (χ1) is 18.4. The molecule has 196 valence electrons. The smallest absolute Gasteiger partial charge is 0.418 e. The minimum Gasteiger partial charge on any atom is -0.481 e. The molecular formula is C28H27F3N6O. The molecule has 1 fully saturated rings. The van der Waals surface area contributed by atoms with Crippen molar-refractivity contribution in [2.75, 3.05) is 55.1 Å². The molecule has 0 radical (unpaired) electrons. The third kappa shape index (κ3) is 4.56. The topological polar surface area (TPSA) is 65.6 Å². The van der Waals surface area contributed by atoms with Crippen molar-refractivity contribution >= 4 is 33.7 Å². The van der Waals surface area contributed by atoms with Crippen LogP contribution < -0.4 is 25.2 Å². The fourth-order valence-electron chi connectivity index (χ4n) is 5.19. The molecule has 2 aromatic heterocycles. The van der Waals surface area contributed by atoms with Gasteiger partial charge < -0.3 is 25.2 Å². The molecule has 0 aliphatic carbocycles. The van der Waals surface area contributed by atoms with Gasteiger partial charge in [0, 0.05) is 55.2 Å². The van der Waals surface area contributed by atoms with Gasteiger partial charge in [-0.05, 0) is 47.9 Å². The molecule has 10 heteroatoms. The molecule has 2 aliphatic rings. The van der Waals surface area contributed by atoms with E-state index in [9.17, 15) is 13.2 Å².